The number of ether oxygens (including phenoxy) is 1. The van der Waals surface area contributed by atoms with Crippen LogP contribution in [0, 0.1) is 5.41 Å². The molecule has 1 heterocycles. The maximum Gasteiger partial charge on any atom is 0.356 e. The molecule has 8 heteroatoms. The minimum atomic E-state index is -0.597. The predicted octanol–water partition coefficient (Wildman–Crippen LogP) is 0.00637. The SMILES string of the molecule is CCOC(=O)c1[nH]c(=O)[nH]c1CSC(=N)N. The Balaban J connectivity index is 2.86. The van der Waals surface area contributed by atoms with Crippen LogP contribution in [0.15, 0.2) is 4.79 Å². The third-order valence-corrected chi connectivity index (χ3v) is 2.40. The van der Waals surface area contributed by atoms with E-state index in [1.165, 1.54) is 0 Å². The highest BCUT2D eigenvalue weighted by atomic mass is 32.2. The van der Waals surface area contributed by atoms with Crippen LogP contribution in [0.5, 0.6) is 0 Å². The fourth-order valence-corrected chi connectivity index (χ4v) is 1.57. The Kier molecular flexibility index (Phi) is 4.18. The van der Waals surface area contributed by atoms with Crippen LogP contribution >= 0.6 is 11.8 Å². The van der Waals surface area contributed by atoms with Gasteiger partial charge in [-0.05, 0) is 6.92 Å². The lowest BCUT2D eigenvalue weighted by molar-refractivity contribution is 0.0519. The van der Waals surface area contributed by atoms with Gasteiger partial charge < -0.3 is 15.5 Å². The summed E-state index contributed by atoms with van der Waals surface area (Å²) in [6.45, 7) is 1.90. The summed E-state index contributed by atoms with van der Waals surface area (Å²) >= 11 is 1.01. The molecule has 0 bridgehead atoms. The van der Waals surface area contributed by atoms with Crippen molar-refractivity contribution in [1.29, 1.82) is 5.41 Å². The molecule has 0 aliphatic heterocycles. The predicted molar refractivity (Wildman–Crippen MR) is 60.6 cm³/mol. The number of aromatic amines is 2. The fourth-order valence-electron chi connectivity index (χ4n) is 1.06. The van der Waals surface area contributed by atoms with Gasteiger partial charge in [-0.3, -0.25) is 10.4 Å². The zero-order chi connectivity index (χ0) is 12.1. The third-order valence-electron chi connectivity index (χ3n) is 1.66. The number of hydrogen-bond acceptors (Lipinski definition) is 5. The van der Waals surface area contributed by atoms with Crippen molar-refractivity contribution in [3.05, 3.63) is 21.9 Å². The van der Waals surface area contributed by atoms with Crippen molar-refractivity contribution in [3.8, 4) is 0 Å². The van der Waals surface area contributed by atoms with E-state index in [0.29, 0.717) is 5.69 Å². The van der Waals surface area contributed by atoms with Gasteiger partial charge in [-0.15, -0.1) is 0 Å². The quantitative estimate of drug-likeness (QED) is 0.337. The lowest BCUT2D eigenvalue weighted by Crippen LogP contribution is -2.10. The number of thioether (sulfide) groups is 1. The molecule has 0 amide bonds. The number of amidine groups is 1. The lowest BCUT2D eigenvalue weighted by Gasteiger charge is -2.01. The van der Waals surface area contributed by atoms with Gasteiger partial charge >= 0.3 is 11.7 Å². The zero-order valence-electron chi connectivity index (χ0n) is 8.62. The van der Waals surface area contributed by atoms with E-state index in [4.69, 9.17) is 15.9 Å². The second-order valence-electron chi connectivity index (χ2n) is 2.81. The van der Waals surface area contributed by atoms with E-state index in [2.05, 4.69) is 9.97 Å². The minimum Gasteiger partial charge on any atom is -0.461 e. The van der Waals surface area contributed by atoms with E-state index < -0.39 is 11.7 Å². The van der Waals surface area contributed by atoms with Gasteiger partial charge in [-0.1, -0.05) is 11.8 Å². The fraction of sp³-hybridized carbons (Fsp3) is 0.375. The number of aromatic nitrogens is 2. The van der Waals surface area contributed by atoms with Crippen molar-refractivity contribution in [2.45, 2.75) is 12.7 Å². The normalized spacial score (nSPS) is 10.1. The summed E-state index contributed by atoms with van der Waals surface area (Å²) in [6.07, 6.45) is 0. The van der Waals surface area contributed by atoms with E-state index in [1.54, 1.807) is 6.92 Å². The molecule has 0 spiro atoms. The average molecular weight is 244 g/mol. The van der Waals surface area contributed by atoms with Crippen LogP contribution < -0.4 is 11.4 Å². The van der Waals surface area contributed by atoms with Crippen LogP contribution in [-0.4, -0.2) is 27.7 Å². The summed E-state index contributed by atoms with van der Waals surface area (Å²) < 4.78 is 4.77. The molecular formula is C8H12N4O3S. The molecule has 7 nitrogen and oxygen atoms in total. The van der Waals surface area contributed by atoms with Crippen LogP contribution in [0.2, 0.25) is 0 Å². The molecule has 5 N–H and O–H groups in total. The first kappa shape index (κ1) is 12.4. The Labute approximate surface area is 95.3 Å². The van der Waals surface area contributed by atoms with Crippen LogP contribution in [0.25, 0.3) is 0 Å². The Hall–Kier alpha value is -1.70. The summed E-state index contributed by atoms with van der Waals surface area (Å²) in [5.74, 6) is -0.359. The minimum absolute atomic E-state index is 0.0839. The molecule has 0 saturated heterocycles. The summed E-state index contributed by atoms with van der Waals surface area (Å²) in [6, 6.07) is 0. The Morgan fingerprint density at radius 2 is 2.25 bits per heavy atom. The summed E-state index contributed by atoms with van der Waals surface area (Å²) in [7, 11) is 0. The first-order valence-corrected chi connectivity index (χ1v) is 5.48. The molecule has 0 atom stereocenters. The third kappa shape index (κ3) is 3.16. The van der Waals surface area contributed by atoms with Crippen molar-refractivity contribution in [2.75, 3.05) is 6.61 Å². The number of nitrogens with one attached hydrogen (secondary N) is 3. The van der Waals surface area contributed by atoms with Gasteiger partial charge in [0.1, 0.15) is 5.69 Å². The second kappa shape index (κ2) is 5.40. The number of H-pyrrole nitrogens is 2. The van der Waals surface area contributed by atoms with Gasteiger partial charge in [-0.2, -0.15) is 0 Å². The summed E-state index contributed by atoms with van der Waals surface area (Å²) in [4.78, 5) is 27.3. The Morgan fingerprint density at radius 1 is 1.56 bits per heavy atom. The highest BCUT2D eigenvalue weighted by Gasteiger charge is 2.16. The molecule has 1 aromatic heterocycles. The Bertz CT molecular complexity index is 450. The molecule has 0 aromatic carbocycles. The average Bonchev–Trinajstić information content (AvgIpc) is 2.57. The topological polar surface area (TPSA) is 125 Å². The van der Waals surface area contributed by atoms with Gasteiger partial charge in [0.05, 0.1) is 12.3 Å². The highest BCUT2D eigenvalue weighted by Crippen LogP contribution is 2.12. The first-order chi connectivity index (χ1) is 7.54. The summed E-state index contributed by atoms with van der Waals surface area (Å²) in [5.41, 5.74) is 5.14. The van der Waals surface area contributed by atoms with Crippen molar-refractivity contribution in [1.82, 2.24) is 9.97 Å². The van der Waals surface area contributed by atoms with Crippen LogP contribution in [0.1, 0.15) is 23.1 Å². The van der Waals surface area contributed by atoms with Crippen LogP contribution in [0.4, 0.5) is 0 Å². The van der Waals surface area contributed by atoms with Crippen LogP contribution in [0.3, 0.4) is 0 Å². The maximum atomic E-state index is 11.4. The molecule has 0 aliphatic rings. The molecule has 0 fully saturated rings. The number of hydrogen-bond donors (Lipinski definition) is 4. The Morgan fingerprint density at radius 3 is 2.81 bits per heavy atom. The van der Waals surface area contributed by atoms with Crippen molar-refractivity contribution in [2.24, 2.45) is 5.73 Å². The highest BCUT2D eigenvalue weighted by molar-refractivity contribution is 8.13. The maximum absolute atomic E-state index is 11.4. The lowest BCUT2D eigenvalue weighted by atomic mass is 10.3. The number of rotatable bonds is 4. The van der Waals surface area contributed by atoms with E-state index in [9.17, 15) is 9.59 Å². The number of esters is 1. The van der Waals surface area contributed by atoms with E-state index in [-0.39, 0.29) is 23.2 Å². The molecule has 0 aliphatic carbocycles. The van der Waals surface area contributed by atoms with Crippen LogP contribution in [-0.2, 0) is 10.5 Å². The molecule has 1 aromatic rings. The molecule has 0 saturated carbocycles. The number of nitrogens with two attached hydrogens (primary N) is 1. The van der Waals surface area contributed by atoms with Gasteiger partial charge in [0.25, 0.3) is 0 Å². The molecule has 0 unspecified atom stereocenters. The number of carbonyl (C=O) groups excluding carboxylic acids is 1. The van der Waals surface area contributed by atoms with E-state index >= 15 is 0 Å². The van der Waals surface area contributed by atoms with Crippen molar-refractivity contribution < 1.29 is 9.53 Å². The summed E-state index contributed by atoms with van der Waals surface area (Å²) in [5, 5.41) is 6.95. The molecule has 88 valence electrons. The zero-order valence-corrected chi connectivity index (χ0v) is 9.44. The monoisotopic (exact) mass is 244 g/mol. The van der Waals surface area contributed by atoms with Gasteiger partial charge in [0, 0.05) is 5.75 Å². The van der Waals surface area contributed by atoms with Crippen molar-refractivity contribution in [3.63, 3.8) is 0 Å². The van der Waals surface area contributed by atoms with Crippen molar-refractivity contribution >= 4 is 22.9 Å². The largest absolute Gasteiger partial charge is 0.461 e. The van der Waals surface area contributed by atoms with E-state index in [0.717, 1.165) is 11.8 Å². The molecule has 1 rings (SSSR count). The van der Waals surface area contributed by atoms with Gasteiger partial charge in [0.2, 0.25) is 0 Å². The first-order valence-electron chi connectivity index (χ1n) is 4.49. The molecular weight excluding hydrogens is 232 g/mol. The van der Waals surface area contributed by atoms with Gasteiger partial charge in [0.15, 0.2) is 5.17 Å². The number of carbonyl (C=O) groups is 1. The second-order valence-corrected chi connectivity index (χ2v) is 3.82. The number of imidazole rings is 1. The smallest absolute Gasteiger partial charge is 0.356 e. The standard InChI is InChI=1S/C8H12N4O3S/c1-2-15-6(13)5-4(3-16-7(9)10)11-8(14)12-5/h2-3H2,1H3,(H3,9,10)(H2,11,12,14). The molecule has 0 radical (unpaired) electrons. The molecule has 16 heavy (non-hydrogen) atoms. The van der Waals surface area contributed by atoms with Gasteiger partial charge in [-0.25, -0.2) is 9.59 Å². The van der Waals surface area contributed by atoms with E-state index in [1.807, 2.05) is 0 Å².